The molecule has 1 fully saturated rings. The van der Waals surface area contributed by atoms with Crippen molar-refractivity contribution in [3.8, 4) is 0 Å². The van der Waals surface area contributed by atoms with E-state index in [-0.39, 0.29) is 12.3 Å². The molecule has 0 aliphatic carbocycles. The molecule has 1 heterocycles. The fraction of sp³-hybridized carbons (Fsp3) is 0.727. The quantitative estimate of drug-likeness (QED) is 0.699. The Labute approximate surface area is 100.0 Å². The predicted molar refractivity (Wildman–Crippen MR) is 60.3 cm³/mol. The second-order valence-electron chi connectivity index (χ2n) is 4.60. The van der Waals surface area contributed by atoms with Crippen LogP contribution < -0.4 is 5.32 Å². The Kier molecular flexibility index (Phi) is 4.09. The third kappa shape index (κ3) is 2.75. The summed E-state index contributed by atoms with van der Waals surface area (Å²) in [5.74, 6) is -1.33. The molecule has 2 atom stereocenters. The molecule has 0 spiro atoms. The van der Waals surface area contributed by atoms with Gasteiger partial charge in [0, 0.05) is 0 Å². The number of hydrogen-bond donors (Lipinski definition) is 2. The van der Waals surface area contributed by atoms with Crippen LogP contribution in [0.5, 0.6) is 0 Å². The number of carboxylic acids is 1. The van der Waals surface area contributed by atoms with Crippen LogP contribution in [0, 0.1) is 5.92 Å². The minimum Gasteiger partial charge on any atom is -0.480 e. The number of carbonyl (C=O) groups excluding carboxylic acids is 2. The Morgan fingerprint density at radius 3 is 2.47 bits per heavy atom. The zero-order valence-electron chi connectivity index (χ0n) is 10.3. The molecular weight excluding hydrogens is 224 g/mol. The van der Waals surface area contributed by atoms with Crippen molar-refractivity contribution >= 4 is 17.9 Å². The molecule has 0 bridgehead atoms. The smallest absolute Gasteiger partial charge is 0.326 e. The highest BCUT2D eigenvalue weighted by Crippen LogP contribution is 2.18. The molecule has 0 aromatic carbocycles. The summed E-state index contributed by atoms with van der Waals surface area (Å²) in [4.78, 5) is 35.3. The highest BCUT2D eigenvalue weighted by atomic mass is 16.4. The van der Waals surface area contributed by atoms with E-state index in [0.29, 0.717) is 6.42 Å². The molecule has 0 saturated carbocycles. The van der Waals surface area contributed by atoms with Crippen LogP contribution in [-0.2, 0) is 9.59 Å². The van der Waals surface area contributed by atoms with Gasteiger partial charge in [-0.2, -0.15) is 0 Å². The second-order valence-corrected chi connectivity index (χ2v) is 4.60. The molecule has 3 amide bonds. The Bertz CT molecular complexity index is 340. The molecule has 96 valence electrons. The average molecular weight is 242 g/mol. The first-order chi connectivity index (χ1) is 7.88. The molecule has 1 saturated heterocycles. The maximum Gasteiger partial charge on any atom is 0.326 e. The van der Waals surface area contributed by atoms with Crippen LogP contribution in [0.1, 0.15) is 33.6 Å². The monoisotopic (exact) mass is 242 g/mol. The lowest BCUT2D eigenvalue weighted by Crippen LogP contribution is -2.45. The summed E-state index contributed by atoms with van der Waals surface area (Å²) in [7, 11) is 0. The minimum absolute atomic E-state index is 0.211. The van der Waals surface area contributed by atoms with E-state index < -0.39 is 30.0 Å². The van der Waals surface area contributed by atoms with Crippen molar-refractivity contribution in [3.05, 3.63) is 0 Å². The molecule has 0 aromatic rings. The highest BCUT2D eigenvalue weighted by molar-refractivity contribution is 6.06. The molecule has 2 N–H and O–H groups in total. The van der Waals surface area contributed by atoms with E-state index in [4.69, 9.17) is 5.11 Å². The maximum absolute atomic E-state index is 11.9. The summed E-state index contributed by atoms with van der Waals surface area (Å²) in [6, 6.07) is -2.26. The lowest BCUT2D eigenvalue weighted by atomic mass is 10.0. The van der Waals surface area contributed by atoms with Gasteiger partial charge in [0.05, 0.1) is 0 Å². The third-order valence-electron chi connectivity index (χ3n) is 2.74. The van der Waals surface area contributed by atoms with Gasteiger partial charge in [-0.05, 0) is 18.8 Å². The minimum atomic E-state index is -1.15. The van der Waals surface area contributed by atoms with Crippen LogP contribution in [0.2, 0.25) is 0 Å². The number of aliphatic carboxylic acids is 1. The van der Waals surface area contributed by atoms with E-state index in [2.05, 4.69) is 5.32 Å². The number of hydrogen-bond acceptors (Lipinski definition) is 3. The second kappa shape index (κ2) is 5.16. The fourth-order valence-corrected chi connectivity index (χ4v) is 1.94. The Morgan fingerprint density at radius 1 is 1.47 bits per heavy atom. The van der Waals surface area contributed by atoms with E-state index in [9.17, 15) is 14.4 Å². The van der Waals surface area contributed by atoms with E-state index in [1.807, 2.05) is 13.8 Å². The lowest BCUT2D eigenvalue weighted by molar-refractivity contribution is -0.147. The number of urea groups is 1. The van der Waals surface area contributed by atoms with Gasteiger partial charge in [0.1, 0.15) is 12.1 Å². The van der Waals surface area contributed by atoms with Gasteiger partial charge in [0.15, 0.2) is 0 Å². The standard InChI is InChI=1S/C11H18N2O4/c1-4-8(10(15)16)13-9(14)7(5-6(2)3)12-11(13)17/h6-8H,4-5H2,1-3H3,(H,12,17)(H,15,16). The summed E-state index contributed by atoms with van der Waals surface area (Å²) in [6.45, 7) is 5.52. The van der Waals surface area contributed by atoms with Crippen LogP contribution >= 0.6 is 0 Å². The van der Waals surface area contributed by atoms with Crippen molar-refractivity contribution in [2.45, 2.75) is 45.7 Å². The first kappa shape index (κ1) is 13.5. The maximum atomic E-state index is 11.9. The van der Waals surface area contributed by atoms with Crippen LogP contribution in [0.15, 0.2) is 0 Å². The molecule has 0 aromatic heterocycles. The SMILES string of the molecule is CCC(C(=O)O)N1C(=O)NC(CC(C)C)C1=O. The van der Waals surface area contributed by atoms with Crippen LogP contribution in [0.4, 0.5) is 4.79 Å². The average Bonchev–Trinajstić information content (AvgIpc) is 2.45. The summed E-state index contributed by atoms with van der Waals surface area (Å²) in [5.41, 5.74) is 0. The highest BCUT2D eigenvalue weighted by Gasteiger charge is 2.43. The topological polar surface area (TPSA) is 86.7 Å². The number of nitrogens with one attached hydrogen (secondary N) is 1. The third-order valence-corrected chi connectivity index (χ3v) is 2.74. The predicted octanol–water partition coefficient (Wildman–Crippen LogP) is 0.816. The van der Waals surface area contributed by atoms with Crippen molar-refractivity contribution in [2.24, 2.45) is 5.92 Å². The molecule has 2 unspecified atom stereocenters. The Balaban J connectivity index is 2.84. The number of carboxylic acid groups (broad SMARTS) is 1. The van der Waals surface area contributed by atoms with E-state index in [0.717, 1.165) is 4.90 Å². The van der Waals surface area contributed by atoms with Crippen LogP contribution in [-0.4, -0.2) is 40.0 Å². The summed E-state index contributed by atoms with van der Waals surface area (Å²) >= 11 is 0. The molecule has 6 nitrogen and oxygen atoms in total. The van der Waals surface area contributed by atoms with Gasteiger partial charge < -0.3 is 10.4 Å². The Hall–Kier alpha value is -1.59. The van der Waals surface area contributed by atoms with Gasteiger partial charge in [-0.15, -0.1) is 0 Å². The first-order valence-corrected chi connectivity index (χ1v) is 5.74. The van der Waals surface area contributed by atoms with Crippen molar-refractivity contribution in [1.82, 2.24) is 10.2 Å². The van der Waals surface area contributed by atoms with Gasteiger partial charge in [0.25, 0.3) is 5.91 Å². The zero-order valence-corrected chi connectivity index (χ0v) is 10.3. The van der Waals surface area contributed by atoms with Gasteiger partial charge in [0.2, 0.25) is 0 Å². The fourth-order valence-electron chi connectivity index (χ4n) is 1.94. The van der Waals surface area contributed by atoms with Gasteiger partial charge in [-0.1, -0.05) is 20.8 Å². The zero-order chi connectivity index (χ0) is 13.2. The van der Waals surface area contributed by atoms with Crippen LogP contribution in [0.3, 0.4) is 0 Å². The number of rotatable bonds is 5. The van der Waals surface area contributed by atoms with Gasteiger partial charge in [-0.25, -0.2) is 14.5 Å². The Morgan fingerprint density at radius 2 is 2.06 bits per heavy atom. The largest absolute Gasteiger partial charge is 0.480 e. The molecule has 6 heteroatoms. The van der Waals surface area contributed by atoms with Crippen LogP contribution in [0.25, 0.3) is 0 Å². The molecular formula is C11H18N2O4. The summed E-state index contributed by atoms with van der Waals surface area (Å²) in [5, 5.41) is 11.5. The molecule has 1 rings (SSSR count). The molecule has 17 heavy (non-hydrogen) atoms. The normalized spacial score (nSPS) is 21.9. The first-order valence-electron chi connectivity index (χ1n) is 5.74. The summed E-state index contributed by atoms with van der Waals surface area (Å²) in [6.07, 6.45) is 0.736. The summed E-state index contributed by atoms with van der Waals surface area (Å²) < 4.78 is 0. The molecule has 1 aliphatic rings. The van der Waals surface area contributed by atoms with E-state index in [1.54, 1.807) is 6.92 Å². The van der Waals surface area contributed by atoms with Gasteiger partial charge >= 0.3 is 12.0 Å². The number of nitrogens with zero attached hydrogens (tertiary/aromatic N) is 1. The molecule has 1 aliphatic heterocycles. The van der Waals surface area contributed by atoms with Crippen molar-refractivity contribution in [2.75, 3.05) is 0 Å². The van der Waals surface area contributed by atoms with Crippen molar-refractivity contribution in [1.29, 1.82) is 0 Å². The number of carbonyl (C=O) groups is 3. The molecule has 0 radical (unpaired) electrons. The van der Waals surface area contributed by atoms with E-state index in [1.165, 1.54) is 0 Å². The van der Waals surface area contributed by atoms with Crippen molar-refractivity contribution in [3.63, 3.8) is 0 Å². The lowest BCUT2D eigenvalue weighted by Gasteiger charge is -2.20. The van der Waals surface area contributed by atoms with Crippen molar-refractivity contribution < 1.29 is 19.5 Å². The van der Waals surface area contributed by atoms with E-state index >= 15 is 0 Å². The number of amides is 3. The number of imide groups is 1. The van der Waals surface area contributed by atoms with Gasteiger partial charge in [-0.3, -0.25) is 4.79 Å².